The van der Waals surface area contributed by atoms with E-state index >= 15 is 0 Å². The predicted molar refractivity (Wildman–Crippen MR) is 124 cm³/mol. The van der Waals surface area contributed by atoms with Gasteiger partial charge in [-0.2, -0.15) is 13.2 Å². The highest BCUT2D eigenvalue weighted by Crippen LogP contribution is 2.37. The standard InChI is InChI=1S/C25H30F3N5O/c1-24(10-12-34-13-11-24)15-21-29-16-20-22(32-21)33(19-8-3-2-4-9-19)23(31-20)30-18-7-5-6-17(14-18)25(26,27)28/h5-7,14,16,19H,2-4,8-13,15H2,1H3,(H,30,31). The summed E-state index contributed by atoms with van der Waals surface area (Å²) in [5, 5.41) is 3.15. The topological polar surface area (TPSA) is 64.9 Å². The highest BCUT2D eigenvalue weighted by Gasteiger charge is 2.31. The van der Waals surface area contributed by atoms with E-state index in [1.807, 2.05) is 0 Å². The van der Waals surface area contributed by atoms with Gasteiger partial charge in [0.2, 0.25) is 5.95 Å². The van der Waals surface area contributed by atoms with Gasteiger partial charge in [0, 0.05) is 31.4 Å². The molecule has 2 aromatic heterocycles. The van der Waals surface area contributed by atoms with Gasteiger partial charge in [-0.05, 0) is 49.3 Å². The van der Waals surface area contributed by atoms with Gasteiger partial charge >= 0.3 is 6.18 Å². The number of anilines is 2. The number of rotatable bonds is 5. The van der Waals surface area contributed by atoms with Crippen molar-refractivity contribution in [1.29, 1.82) is 0 Å². The first-order valence-electron chi connectivity index (χ1n) is 12.1. The van der Waals surface area contributed by atoms with E-state index in [4.69, 9.17) is 14.7 Å². The second-order valence-electron chi connectivity index (χ2n) is 9.90. The number of imidazole rings is 1. The van der Waals surface area contributed by atoms with Crippen molar-refractivity contribution in [3.63, 3.8) is 0 Å². The first kappa shape index (κ1) is 23.1. The molecule has 3 aromatic rings. The average Bonchev–Trinajstić information content (AvgIpc) is 3.16. The monoisotopic (exact) mass is 473 g/mol. The molecule has 1 N–H and O–H groups in total. The third-order valence-corrected chi connectivity index (χ3v) is 7.15. The van der Waals surface area contributed by atoms with Crippen LogP contribution in [-0.4, -0.2) is 32.7 Å². The summed E-state index contributed by atoms with van der Waals surface area (Å²) in [7, 11) is 0. The Hall–Kier alpha value is -2.68. The molecule has 2 aliphatic rings. The molecule has 0 atom stereocenters. The Bertz CT molecular complexity index is 1150. The van der Waals surface area contributed by atoms with E-state index in [2.05, 4.69) is 21.8 Å². The molecule has 6 nitrogen and oxygen atoms in total. The number of hydrogen-bond acceptors (Lipinski definition) is 5. The Morgan fingerprint density at radius 1 is 1.12 bits per heavy atom. The number of aromatic nitrogens is 4. The Labute approximate surface area is 197 Å². The normalized spacial score (nSPS) is 19.4. The van der Waals surface area contributed by atoms with E-state index in [0.717, 1.165) is 81.8 Å². The van der Waals surface area contributed by atoms with Gasteiger partial charge in [-0.15, -0.1) is 0 Å². The van der Waals surface area contributed by atoms with Gasteiger partial charge in [0.15, 0.2) is 5.65 Å². The van der Waals surface area contributed by atoms with Gasteiger partial charge in [0.1, 0.15) is 11.3 Å². The van der Waals surface area contributed by atoms with E-state index in [0.29, 0.717) is 17.2 Å². The van der Waals surface area contributed by atoms with Crippen molar-refractivity contribution in [3.05, 3.63) is 41.9 Å². The summed E-state index contributed by atoms with van der Waals surface area (Å²) in [5.41, 5.74) is 1.17. The van der Waals surface area contributed by atoms with Crippen LogP contribution in [0.4, 0.5) is 24.8 Å². The third-order valence-electron chi connectivity index (χ3n) is 7.15. The van der Waals surface area contributed by atoms with Crippen LogP contribution in [0.5, 0.6) is 0 Å². The highest BCUT2D eigenvalue weighted by atomic mass is 19.4. The largest absolute Gasteiger partial charge is 0.416 e. The number of benzene rings is 1. The molecule has 0 unspecified atom stereocenters. The van der Waals surface area contributed by atoms with Crippen LogP contribution in [0.25, 0.3) is 11.2 Å². The van der Waals surface area contributed by atoms with Crippen molar-refractivity contribution in [2.45, 2.75) is 70.5 Å². The Morgan fingerprint density at radius 2 is 1.88 bits per heavy atom. The molecule has 9 heteroatoms. The van der Waals surface area contributed by atoms with Gasteiger partial charge in [-0.1, -0.05) is 32.3 Å². The molecule has 0 radical (unpaired) electrons. The van der Waals surface area contributed by atoms with Crippen LogP contribution in [0.15, 0.2) is 30.5 Å². The maximum absolute atomic E-state index is 13.2. The minimum Gasteiger partial charge on any atom is -0.381 e. The fraction of sp³-hybridized carbons (Fsp3) is 0.560. The molecule has 182 valence electrons. The molecule has 1 aromatic carbocycles. The van der Waals surface area contributed by atoms with Crippen LogP contribution in [0.3, 0.4) is 0 Å². The van der Waals surface area contributed by atoms with Gasteiger partial charge in [0.25, 0.3) is 0 Å². The highest BCUT2D eigenvalue weighted by molar-refractivity contribution is 5.75. The Kier molecular flexibility index (Phi) is 6.22. The first-order chi connectivity index (χ1) is 16.3. The SMILES string of the molecule is CC1(Cc2ncc3nc(Nc4cccc(C(F)(F)F)c4)n(C4CCCCC4)c3n2)CCOCC1. The lowest BCUT2D eigenvalue weighted by molar-refractivity contribution is -0.137. The van der Waals surface area contributed by atoms with Crippen LogP contribution in [0, 0.1) is 5.41 Å². The lowest BCUT2D eigenvalue weighted by Crippen LogP contribution is -2.29. The van der Waals surface area contributed by atoms with Crippen LogP contribution in [0.2, 0.25) is 0 Å². The van der Waals surface area contributed by atoms with Crippen molar-refractivity contribution in [3.8, 4) is 0 Å². The van der Waals surface area contributed by atoms with Crippen molar-refractivity contribution < 1.29 is 17.9 Å². The van der Waals surface area contributed by atoms with Gasteiger partial charge in [0.05, 0.1) is 11.8 Å². The quantitative estimate of drug-likeness (QED) is 0.461. The van der Waals surface area contributed by atoms with Gasteiger partial charge in [-0.3, -0.25) is 4.57 Å². The molecule has 5 rings (SSSR count). The molecule has 3 heterocycles. The smallest absolute Gasteiger partial charge is 0.381 e. The molecule has 1 saturated carbocycles. The summed E-state index contributed by atoms with van der Waals surface area (Å²) in [4.78, 5) is 14.2. The minimum absolute atomic E-state index is 0.0979. The lowest BCUT2D eigenvalue weighted by Gasteiger charge is -2.32. The summed E-state index contributed by atoms with van der Waals surface area (Å²) in [6.45, 7) is 3.76. The number of alkyl halides is 3. The molecule has 0 spiro atoms. The number of halogens is 3. The summed E-state index contributed by atoms with van der Waals surface area (Å²) >= 11 is 0. The second kappa shape index (κ2) is 9.17. The van der Waals surface area contributed by atoms with Gasteiger partial charge in [-0.25, -0.2) is 15.0 Å². The summed E-state index contributed by atoms with van der Waals surface area (Å²) in [5.74, 6) is 1.30. The predicted octanol–water partition coefficient (Wildman–Crippen LogP) is 6.45. The number of ether oxygens (including phenoxy) is 1. The first-order valence-corrected chi connectivity index (χ1v) is 12.1. The molecule has 1 aliphatic carbocycles. The molecule has 2 fully saturated rings. The van der Waals surface area contributed by atoms with Gasteiger partial charge < -0.3 is 10.1 Å². The zero-order valence-electron chi connectivity index (χ0n) is 19.4. The zero-order valence-corrected chi connectivity index (χ0v) is 19.4. The molecule has 1 saturated heterocycles. The molecule has 1 aliphatic heterocycles. The molecule has 34 heavy (non-hydrogen) atoms. The van der Waals surface area contributed by atoms with E-state index in [-0.39, 0.29) is 11.5 Å². The number of nitrogens with one attached hydrogen (secondary N) is 1. The van der Waals surface area contributed by atoms with Crippen LogP contribution < -0.4 is 5.32 Å². The maximum atomic E-state index is 13.2. The summed E-state index contributed by atoms with van der Waals surface area (Å²) < 4.78 is 47.3. The fourth-order valence-corrected chi connectivity index (χ4v) is 5.11. The third kappa shape index (κ3) is 4.89. The van der Waals surface area contributed by atoms with Crippen molar-refractivity contribution in [2.24, 2.45) is 5.41 Å². The van der Waals surface area contributed by atoms with Crippen molar-refractivity contribution >= 4 is 22.8 Å². The van der Waals surface area contributed by atoms with E-state index < -0.39 is 11.7 Å². The van der Waals surface area contributed by atoms with Crippen LogP contribution >= 0.6 is 0 Å². The number of hydrogen-bond donors (Lipinski definition) is 1. The van der Waals surface area contributed by atoms with Crippen molar-refractivity contribution in [1.82, 2.24) is 19.5 Å². The van der Waals surface area contributed by atoms with E-state index in [9.17, 15) is 13.2 Å². The van der Waals surface area contributed by atoms with E-state index in [1.54, 1.807) is 12.3 Å². The Balaban J connectivity index is 1.52. The molecule has 0 bridgehead atoms. The van der Waals surface area contributed by atoms with Crippen molar-refractivity contribution in [2.75, 3.05) is 18.5 Å². The molecule has 0 amide bonds. The number of fused-ring (bicyclic) bond motifs is 1. The number of nitrogens with zero attached hydrogens (tertiary/aromatic N) is 4. The fourth-order valence-electron chi connectivity index (χ4n) is 5.11. The average molecular weight is 474 g/mol. The summed E-state index contributed by atoms with van der Waals surface area (Å²) in [6.07, 6.45) is 5.47. The maximum Gasteiger partial charge on any atom is 0.416 e. The molecular formula is C25H30F3N5O. The van der Waals surface area contributed by atoms with E-state index in [1.165, 1.54) is 12.5 Å². The van der Waals surface area contributed by atoms with Crippen LogP contribution in [-0.2, 0) is 17.3 Å². The van der Waals surface area contributed by atoms with Crippen LogP contribution in [0.1, 0.15) is 69.3 Å². The lowest BCUT2D eigenvalue weighted by atomic mass is 9.79. The zero-order chi connectivity index (χ0) is 23.8. The minimum atomic E-state index is -4.40. The molecular weight excluding hydrogens is 443 g/mol. The second-order valence-corrected chi connectivity index (χ2v) is 9.90. The Morgan fingerprint density at radius 3 is 2.62 bits per heavy atom. The summed E-state index contributed by atoms with van der Waals surface area (Å²) in [6, 6.07) is 5.43.